The highest BCUT2D eigenvalue weighted by Gasteiger charge is 2.11. The highest BCUT2D eigenvalue weighted by molar-refractivity contribution is 7.92. The summed E-state index contributed by atoms with van der Waals surface area (Å²) in [4.78, 5) is 16.9. The summed E-state index contributed by atoms with van der Waals surface area (Å²) in [6.45, 7) is 0.602. The summed E-state index contributed by atoms with van der Waals surface area (Å²) in [6, 6.07) is 20.1. The van der Waals surface area contributed by atoms with E-state index in [1.54, 1.807) is 42.7 Å². The van der Waals surface area contributed by atoms with Crippen LogP contribution in [0, 0.1) is 0 Å². The van der Waals surface area contributed by atoms with Crippen molar-refractivity contribution >= 4 is 27.6 Å². The third-order valence-electron chi connectivity index (χ3n) is 4.80. The summed E-state index contributed by atoms with van der Waals surface area (Å²) >= 11 is 0. The van der Waals surface area contributed by atoms with E-state index in [9.17, 15) is 13.2 Å². The minimum Gasteiger partial charge on any atom is -0.289 e. The molecular weight excluding hydrogens is 436 g/mol. The first-order chi connectivity index (χ1) is 15.9. The molecule has 2 heterocycles. The standard InChI is InChI=1S/C25H22N4O3S/c1-33(31,32)28-23-12-9-20(10-13-23)24(30)14-11-22-18-29(17-19-6-3-2-4-7-19)27-25(22)21-8-5-15-26-16-21/h2-16,18,28H,17H2,1H3/b14-11+. The molecule has 0 aliphatic heterocycles. The van der Waals surface area contributed by atoms with E-state index in [1.165, 1.54) is 6.08 Å². The molecule has 4 rings (SSSR count). The molecule has 0 spiro atoms. The monoisotopic (exact) mass is 458 g/mol. The lowest BCUT2D eigenvalue weighted by atomic mass is 10.1. The van der Waals surface area contributed by atoms with Gasteiger partial charge < -0.3 is 0 Å². The second kappa shape index (κ2) is 9.62. The first kappa shape index (κ1) is 22.2. The number of carbonyl (C=O) groups excluding carboxylic acids is 1. The van der Waals surface area contributed by atoms with E-state index in [4.69, 9.17) is 5.10 Å². The zero-order valence-electron chi connectivity index (χ0n) is 17.9. The Hall–Kier alpha value is -4.04. The van der Waals surface area contributed by atoms with Crippen LogP contribution in [0.2, 0.25) is 0 Å². The minimum atomic E-state index is -3.37. The van der Waals surface area contributed by atoms with Crippen LogP contribution in [-0.2, 0) is 16.6 Å². The van der Waals surface area contributed by atoms with Gasteiger partial charge in [-0.25, -0.2) is 8.42 Å². The molecule has 4 aromatic rings. The van der Waals surface area contributed by atoms with Crippen LogP contribution >= 0.6 is 0 Å². The van der Waals surface area contributed by atoms with E-state index < -0.39 is 10.0 Å². The van der Waals surface area contributed by atoms with Crippen molar-refractivity contribution in [2.45, 2.75) is 6.54 Å². The number of benzene rings is 2. The number of allylic oxidation sites excluding steroid dienone is 1. The number of nitrogens with one attached hydrogen (secondary N) is 1. The average Bonchev–Trinajstić information content (AvgIpc) is 3.20. The highest BCUT2D eigenvalue weighted by Crippen LogP contribution is 2.23. The second-order valence-corrected chi connectivity index (χ2v) is 9.26. The van der Waals surface area contributed by atoms with Crippen LogP contribution in [0.4, 0.5) is 5.69 Å². The van der Waals surface area contributed by atoms with E-state index >= 15 is 0 Å². The van der Waals surface area contributed by atoms with Gasteiger partial charge >= 0.3 is 0 Å². The van der Waals surface area contributed by atoms with E-state index in [-0.39, 0.29) is 5.78 Å². The number of hydrogen-bond acceptors (Lipinski definition) is 5. The molecular formula is C25H22N4O3S. The largest absolute Gasteiger partial charge is 0.289 e. The number of hydrogen-bond donors (Lipinski definition) is 1. The number of rotatable bonds is 8. The Morgan fingerprint density at radius 1 is 1.03 bits per heavy atom. The fourth-order valence-corrected chi connectivity index (χ4v) is 3.88. The van der Waals surface area contributed by atoms with E-state index in [0.717, 1.165) is 28.6 Å². The zero-order chi connectivity index (χ0) is 23.3. The SMILES string of the molecule is CS(=O)(=O)Nc1ccc(C(=O)/C=C/c2cn(Cc3ccccc3)nc2-c2cccnc2)cc1. The van der Waals surface area contributed by atoms with Crippen molar-refractivity contribution in [1.82, 2.24) is 14.8 Å². The van der Waals surface area contributed by atoms with Crippen molar-refractivity contribution in [3.63, 3.8) is 0 Å². The number of pyridine rings is 1. The maximum atomic E-state index is 12.7. The highest BCUT2D eigenvalue weighted by atomic mass is 32.2. The van der Waals surface area contributed by atoms with Crippen molar-refractivity contribution in [3.05, 3.63) is 108 Å². The smallest absolute Gasteiger partial charge is 0.229 e. The van der Waals surface area contributed by atoms with Gasteiger partial charge in [-0.1, -0.05) is 30.3 Å². The number of ketones is 1. The van der Waals surface area contributed by atoms with Crippen LogP contribution in [0.1, 0.15) is 21.5 Å². The first-order valence-corrected chi connectivity index (χ1v) is 12.1. The number of aromatic nitrogens is 3. The third-order valence-corrected chi connectivity index (χ3v) is 5.41. The summed E-state index contributed by atoms with van der Waals surface area (Å²) in [5.41, 5.74) is 4.35. The van der Waals surface area contributed by atoms with Crippen molar-refractivity contribution < 1.29 is 13.2 Å². The molecule has 8 heteroatoms. The van der Waals surface area contributed by atoms with Crippen LogP contribution < -0.4 is 4.72 Å². The Kier molecular flexibility index (Phi) is 6.46. The second-order valence-electron chi connectivity index (χ2n) is 7.51. The molecule has 0 unspecified atom stereocenters. The summed E-state index contributed by atoms with van der Waals surface area (Å²) in [5.74, 6) is -0.200. The summed E-state index contributed by atoms with van der Waals surface area (Å²) in [6.07, 6.45) is 9.64. The lowest BCUT2D eigenvalue weighted by Gasteiger charge is -2.04. The number of nitrogens with zero attached hydrogens (tertiary/aromatic N) is 3. The molecule has 0 amide bonds. The molecule has 0 aliphatic rings. The van der Waals surface area contributed by atoms with Gasteiger partial charge in [0.1, 0.15) is 5.69 Å². The molecule has 0 atom stereocenters. The molecule has 1 N–H and O–H groups in total. The van der Waals surface area contributed by atoms with E-state index in [2.05, 4.69) is 9.71 Å². The van der Waals surface area contributed by atoms with Crippen LogP contribution in [-0.4, -0.2) is 35.2 Å². The molecule has 7 nitrogen and oxygen atoms in total. The number of carbonyl (C=O) groups is 1. The quantitative estimate of drug-likeness (QED) is 0.314. The normalized spacial score (nSPS) is 11.5. The van der Waals surface area contributed by atoms with Crippen molar-refractivity contribution in [2.24, 2.45) is 0 Å². The Balaban J connectivity index is 1.58. The van der Waals surface area contributed by atoms with Gasteiger partial charge in [0.05, 0.1) is 12.8 Å². The summed E-state index contributed by atoms with van der Waals surface area (Å²) in [5, 5.41) is 4.72. The number of sulfonamides is 1. The predicted octanol–water partition coefficient (Wildman–Crippen LogP) is 4.26. The van der Waals surface area contributed by atoms with Gasteiger partial charge in [-0.3, -0.25) is 19.2 Å². The van der Waals surface area contributed by atoms with Gasteiger partial charge in [0, 0.05) is 41.0 Å². The molecule has 0 bridgehead atoms. The molecule has 0 saturated carbocycles. The molecule has 0 aliphatic carbocycles. The molecule has 2 aromatic carbocycles. The van der Waals surface area contributed by atoms with E-state index in [0.29, 0.717) is 17.8 Å². The zero-order valence-corrected chi connectivity index (χ0v) is 18.7. The Labute approximate surface area is 192 Å². The number of anilines is 1. The van der Waals surface area contributed by atoms with Gasteiger partial charge in [-0.2, -0.15) is 5.10 Å². The fourth-order valence-electron chi connectivity index (χ4n) is 3.32. The summed E-state index contributed by atoms with van der Waals surface area (Å²) < 4.78 is 26.9. The van der Waals surface area contributed by atoms with Crippen LogP contribution in [0.15, 0.2) is 91.4 Å². The van der Waals surface area contributed by atoms with Crippen molar-refractivity contribution in [3.8, 4) is 11.3 Å². The minimum absolute atomic E-state index is 0.200. The molecule has 0 radical (unpaired) electrons. The predicted molar refractivity (Wildman–Crippen MR) is 129 cm³/mol. The molecule has 33 heavy (non-hydrogen) atoms. The molecule has 166 valence electrons. The summed E-state index contributed by atoms with van der Waals surface area (Å²) in [7, 11) is -3.37. The van der Waals surface area contributed by atoms with Crippen molar-refractivity contribution in [2.75, 3.05) is 11.0 Å². The van der Waals surface area contributed by atoms with Gasteiger partial charge in [-0.05, 0) is 54.1 Å². The maximum absolute atomic E-state index is 12.7. The van der Waals surface area contributed by atoms with Gasteiger partial charge in [0.2, 0.25) is 10.0 Å². The van der Waals surface area contributed by atoms with Gasteiger partial charge in [0.15, 0.2) is 5.78 Å². The topological polar surface area (TPSA) is 94.0 Å². The fraction of sp³-hybridized carbons (Fsp3) is 0.0800. The Bertz CT molecular complexity index is 1380. The molecule has 2 aromatic heterocycles. The maximum Gasteiger partial charge on any atom is 0.229 e. The molecule has 0 saturated heterocycles. The lowest BCUT2D eigenvalue weighted by Crippen LogP contribution is -2.09. The van der Waals surface area contributed by atoms with Crippen LogP contribution in [0.25, 0.3) is 17.3 Å². The Morgan fingerprint density at radius 2 is 1.79 bits per heavy atom. The van der Waals surface area contributed by atoms with Gasteiger partial charge in [-0.15, -0.1) is 0 Å². The van der Waals surface area contributed by atoms with Crippen molar-refractivity contribution in [1.29, 1.82) is 0 Å². The molecule has 0 fully saturated rings. The average molecular weight is 459 g/mol. The third kappa shape index (κ3) is 6.02. The van der Waals surface area contributed by atoms with E-state index in [1.807, 2.05) is 53.3 Å². The first-order valence-electron chi connectivity index (χ1n) is 10.2. The van der Waals surface area contributed by atoms with Crippen LogP contribution in [0.5, 0.6) is 0 Å². The van der Waals surface area contributed by atoms with Gasteiger partial charge in [0.25, 0.3) is 0 Å². The lowest BCUT2D eigenvalue weighted by molar-refractivity contribution is 0.104. The Morgan fingerprint density at radius 3 is 2.45 bits per heavy atom. The van der Waals surface area contributed by atoms with Crippen LogP contribution in [0.3, 0.4) is 0 Å².